The van der Waals surface area contributed by atoms with Crippen molar-refractivity contribution in [3.8, 4) is 5.75 Å². The third-order valence-corrected chi connectivity index (χ3v) is 4.79. The Labute approximate surface area is 137 Å². The minimum atomic E-state index is -0.0146. The molecule has 23 heavy (non-hydrogen) atoms. The zero-order valence-electron chi connectivity index (χ0n) is 13.5. The van der Waals surface area contributed by atoms with Crippen molar-refractivity contribution >= 4 is 5.78 Å². The number of carbonyl (C=O) groups is 1. The number of ether oxygens (including phenoxy) is 1. The molecule has 0 fully saturated rings. The van der Waals surface area contributed by atoms with Crippen molar-refractivity contribution in [3.05, 3.63) is 77.9 Å². The summed E-state index contributed by atoms with van der Waals surface area (Å²) in [5.41, 5.74) is 3.16. The lowest BCUT2D eigenvalue weighted by Crippen LogP contribution is -2.28. The first-order valence-corrected chi connectivity index (χ1v) is 8.12. The fraction of sp³-hybridized carbons (Fsp3) is 0.286. The van der Waals surface area contributed by atoms with Crippen molar-refractivity contribution in [2.24, 2.45) is 5.92 Å². The Balaban J connectivity index is 1.99. The van der Waals surface area contributed by atoms with Crippen LogP contribution in [0.25, 0.3) is 0 Å². The summed E-state index contributed by atoms with van der Waals surface area (Å²) >= 11 is 0. The largest absolute Gasteiger partial charge is 0.496 e. The second-order valence-corrected chi connectivity index (χ2v) is 6.04. The predicted molar refractivity (Wildman–Crippen MR) is 93.1 cm³/mol. The van der Waals surface area contributed by atoms with Gasteiger partial charge in [0.25, 0.3) is 0 Å². The van der Waals surface area contributed by atoms with Crippen LogP contribution in [0.4, 0.5) is 0 Å². The van der Waals surface area contributed by atoms with Gasteiger partial charge in [-0.05, 0) is 36.5 Å². The van der Waals surface area contributed by atoms with Gasteiger partial charge in [0, 0.05) is 17.4 Å². The summed E-state index contributed by atoms with van der Waals surface area (Å²) in [6.07, 6.45) is 4.52. The molecule has 118 valence electrons. The first kappa shape index (κ1) is 15.5. The van der Waals surface area contributed by atoms with E-state index in [2.05, 4.69) is 18.7 Å². The van der Waals surface area contributed by atoms with E-state index in [0.29, 0.717) is 0 Å². The summed E-state index contributed by atoms with van der Waals surface area (Å²) in [5.74, 6) is 1.21. The average molecular weight is 306 g/mol. The molecule has 2 aromatic rings. The van der Waals surface area contributed by atoms with Gasteiger partial charge in [0.2, 0.25) is 0 Å². The molecular formula is C21H22O2. The van der Waals surface area contributed by atoms with E-state index >= 15 is 0 Å². The minimum absolute atomic E-state index is 0.0146. The molecule has 0 radical (unpaired) electrons. The first-order valence-electron chi connectivity index (χ1n) is 8.12. The second-order valence-electron chi connectivity index (χ2n) is 6.04. The molecule has 1 aliphatic carbocycles. The van der Waals surface area contributed by atoms with Crippen LogP contribution in [-0.4, -0.2) is 12.9 Å². The Bertz CT molecular complexity index is 717. The average Bonchev–Trinajstić information content (AvgIpc) is 2.61. The Kier molecular flexibility index (Phi) is 4.61. The molecule has 0 saturated heterocycles. The van der Waals surface area contributed by atoms with Gasteiger partial charge < -0.3 is 4.74 Å². The molecule has 2 nitrogen and oxygen atoms in total. The minimum Gasteiger partial charge on any atom is -0.496 e. The molecule has 0 bridgehead atoms. The highest BCUT2D eigenvalue weighted by Gasteiger charge is 2.34. The SMILES string of the molecule is C=CCC(c1ccccc1OC)C1CCc2ccccc2C1=O. The summed E-state index contributed by atoms with van der Waals surface area (Å²) in [4.78, 5) is 13.0. The van der Waals surface area contributed by atoms with E-state index in [1.54, 1.807) is 7.11 Å². The number of allylic oxidation sites excluding steroid dienone is 1. The van der Waals surface area contributed by atoms with Gasteiger partial charge in [-0.15, -0.1) is 6.58 Å². The van der Waals surface area contributed by atoms with Crippen LogP contribution in [0.15, 0.2) is 61.2 Å². The highest BCUT2D eigenvalue weighted by atomic mass is 16.5. The van der Waals surface area contributed by atoms with Crippen molar-refractivity contribution in [2.75, 3.05) is 7.11 Å². The number of Topliss-reactive ketones (excluding diaryl/α,β-unsaturated/α-hetero) is 1. The Morgan fingerprint density at radius 3 is 2.74 bits per heavy atom. The van der Waals surface area contributed by atoms with Crippen LogP contribution in [0.3, 0.4) is 0 Å². The number of carbonyl (C=O) groups excluding carboxylic acids is 1. The number of benzene rings is 2. The molecule has 0 aliphatic heterocycles. The lowest BCUT2D eigenvalue weighted by molar-refractivity contribution is 0.0879. The molecule has 0 saturated carbocycles. The van der Waals surface area contributed by atoms with Gasteiger partial charge in [-0.3, -0.25) is 4.79 Å². The fourth-order valence-corrected chi connectivity index (χ4v) is 3.66. The second kappa shape index (κ2) is 6.82. The smallest absolute Gasteiger partial charge is 0.166 e. The molecule has 2 unspecified atom stereocenters. The van der Waals surface area contributed by atoms with Crippen molar-refractivity contribution in [2.45, 2.75) is 25.2 Å². The Morgan fingerprint density at radius 1 is 1.22 bits per heavy atom. The van der Waals surface area contributed by atoms with Gasteiger partial charge in [0.1, 0.15) is 5.75 Å². The zero-order chi connectivity index (χ0) is 16.2. The Morgan fingerprint density at radius 2 is 1.96 bits per heavy atom. The third-order valence-electron chi connectivity index (χ3n) is 4.79. The summed E-state index contributed by atoms with van der Waals surface area (Å²) in [5, 5.41) is 0. The van der Waals surface area contributed by atoms with Crippen LogP contribution in [0.2, 0.25) is 0 Å². The number of para-hydroxylation sites is 1. The maximum atomic E-state index is 13.0. The lowest BCUT2D eigenvalue weighted by Gasteiger charge is -2.31. The zero-order valence-corrected chi connectivity index (χ0v) is 13.5. The van der Waals surface area contributed by atoms with Crippen LogP contribution in [-0.2, 0) is 6.42 Å². The van der Waals surface area contributed by atoms with Crippen LogP contribution in [0, 0.1) is 5.92 Å². The van der Waals surface area contributed by atoms with Crippen molar-refractivity contribution in [3.63, 3.8) is 0 Å². The number of rotatable bonds is 5. The highest BCUT2D eigenvalue weighted by molar-refractivity contribution is 6.00. The first-order chi connectivity index (χ1) is 11.3. The maximum absolute atomic E-state index is 13.0. The van der Waals surface area contributed by atoms with E-state index in [9.17, 15) is 4.79 Å². The van der Waals surface area contributed by atoms with Gasteiger partial charge in [0.15, 0.2) is 5.78 Å². The predicted octanol–water partition coefficient (Wildman–Crippen LogP) is 4.80. The summed E-state index contributed by atoms with van der Waals surface area (Å²) in [6, 6.07) is 16.0. The number of aryl methyl sites for hydroxylation is 1. The van der Waals surface area contributed by atoms with Gasteiger partial charge >= 0.3 is 0 Å². The molecule has 2 atom stereocenters. The topological polar surface area (TPSA) is 26.3 Å². The molecule has 3 rings (SSSR count). The van der Waals surface area contributed by atoms with E-state index in [1.165, 1.54) is 5.56 Å². The molecule has 0 aromatic heterocycles. The van der Waals surface area contributed by atoms with Gasteiger partial charge in [-0.2, -0.15) is 0 Å². The van der Waals surface area contributed by atoms with E-state index in [1.807, 2.05) is 42.5 Å². The van der Waals surface area contributed by atoms with Crippen molar-refractivity contribution < 1.29 is 9.53 Å². The van der Waals surface area contributed by atoms with Crippen molar-refractivity contribution in [1.29, 1.82) is 0 Å². The van der Waals surface area contributed by atoms with Crippen LogP contribution >= 0.6 is 0 Å². The van der Waals surface area contributed by atoms with Gasteiger partial charge in [-0.1, -0.05) is 48.5 Å². The maximum Gasteiger partial charge on any atom is 0.166 e. The van der Waals surface area contributed by atoms with Gasteiger partial charge in [-0.25, -0.2) is 0 Å². The molecule has 1 aliphatic rings. The summed E-state index contributed by atoms with van der Waals surface area (Å²) in [6.45, 7) is 3.89. The summed E-state index contributed by atoms with van der Waals surface area (Å²) in [7, 11) is 1.68. The molecule has 0 heterocycles. The van der Waals surface area contributed by atoms with E-state index in [4.69, 9.17) is 4.74 Å². The van der Waals surface area contributed by atoms with Gasteiger partial charge in [0.05, 0.1) is 7.11 Å². The van der Waals surface area contributed by atoms with Crippen LogP contribution in [0.1, 0.15) is 40.2 Å². The molecule has 0 N–H and O–H groups in total. The quantitative estimate of drug-likeness (QED) is 0.742. The number of hydrogen-bond donors (Lipinski definition) is 0. The fourth-order valence-electron chi connectivity index (χ4n) is 3.66. The standard InChI is InChI=1S/C21H22O2/c1-3-8-17(18-11-6-7-12-20(18)23-2)19-14-13-15-9-4-5-10-16(15)21(19)22/h3-7,9-12,17,19H,1,8,13-14H2,2H3. The molecule has 2 aromatic carbocycles. The number of ketones is 1. The van der Waals surface area contributed by atoms with Crippen LogP contribution in [0.5, 0.6) is 5.75 Å². The van der Waals surface area contributed by atoms with Crippen molar-refractivity contribution in [1.82, 2.24) is 0 Å². The Hall–Kier alpha value is -2.35. The van der Waals surface area contributed by atoms with E-state index < -0.39 is 0 Å². The summed E-state index contributed by atoms with van der Waals surface area (Å²) < 4.78 is 5.52. The van der Waals surface area contributed by atoms with E-state index in [-0.39, 0.29) is 17.6 Å². The highest BCUT2D eigenvalue weighted by Crippen LogP contribution is 2.40. The molecule has 0 spiro atoms. The van der Waals surface area contributed by atoms with E-state index in [0.717, 1.165) is 36.1 Å². The number of fused-ring (bicyclic) bond motifs is 1. The monoisotopic (exact) mass is 306 g/mol. The molecule has 2 heteroatoms. The molecular weight excluding hydrogens is 284 g/mol. The lowest BCUT2D eigenvalue weighted by atomic mass is 9.72. The number of hydrogen-bond acceptors (Lipinski definition) is 2. The normalized spacial score (nSPS) is 18.1. The van der Waals surface area contributed by atoms with Crippen LogP contribution < -0.4 is 4.74 Å². The third kappa shape index (κ3) is 2.94. The molecule has 0 amide bonds. The number of methoxy groups -OCH3 is 1.